The first-order valence-electron chi connectivity index (χ1n) is 7.01. The predicted octanol–water partition coefficient (Wildman–Crippen LogP) is 1.66. The number of amides is 1. The molecule has 1 N–H and O–H groups in total. The molecule has 1 amide bonds. The SMILES string of the molecule is CS(=O)(=O)CC(=O)Nc1nc2ccc(-c3cc(F)ccc3F)cn2n1. The van der Waals surface area contributed by atoms with Crippen molar-refractivity contribution in [3.63, 3.8) is 0 Å². The van der Waals surface area contributed by atoms with Crippen LogP contribution in [0.1, 0.15) is 0 Å². The van der Waals surface area contributed by atoms with Crippen LogP contribution in [0.25, 0.3) is 16.8 Å². The van der Waals surface area contributed by atoms with Gasteiger partial charge in [-0.2, -0.15) is 4.98 Å². The van der Waals surface area contributed by atoms with Gasteiger partial charge in [-0.3, -0.25) is 10.1 Å². The van der Waals surface area contributed by atoms with Crippen LogP contribution >= 0.6 is 0 Å². The van der Waals surface area contributed by atoms with E-state index in [-0.39, 0.29) is 11.5 Å². The van der Waals surface area contributed by atoms with Gasteiger partial charge in [0.05, 0.1) is 0 Å². The monoisotopic (exact) mass is 366 g/mol. The number of rotatable bonds is 4. The highest BCUT2D eigenvalue weighted by Gasteiger charge is 2.14. The average molecular weight is 366 g/mol. The van der Waals surface area contributed by atoms with E-state index in [4.69, 9.17) is 0 Å². The molecule has 25 heavy (non-hydrogen) atoms. The summed E-state index contributed by atoms with van der Waals surface area (Å²) in [7, 11) is -3.48. The number of carbonyl (C=O) groups excluding carboxylic acids is 1. The third kappa shape index (κ3) is 3.97. The lowest BCUT2D eigenvalue weighted by molar-refractivity contribution is -0.113. The minimum atomic E-state index is -3.48. The molecule has 0 spiro atoms. The molecule has 3 rings (SSSR count). The van der Waals surface area contributed by atoms with Gasteiger partial charge in [0, 0.05) is 23.6 Å². The first-order chi connectivity index (χ1) is 11.7. The minimum absolute atomic E-state index is 0.0556. The Balaban J connectivity index is 1.92. The fourth-order valence-corrected chi connectivity index (χ4v) is 2.76. The van der Waals surface area contributed by atoms with Crippen molar-refractivity contribution in [2.75, 3.05) is 17.3 Å². The van der Waals surface area contributed by atoms with Crippen molar-refractivity contribution < 1.29 is 22.0 Å². The summed E-state index contributed by atoms with van der Waals surface area (Å²) in [5.41, 5.74) is 0.763. The third-order valence-corrected chi connectivity index (χ3v) is 4.00. The molecule has 0 aliphatic rings. The van der Waals surface area contributed by atoms with Crippen molar-refractivity contribution in [2.24, 2.45) is 0 Å². The molecule has 0 aliphatic carbocycles. The zero-order valence-corrected chi connectivity index (χ0v) is 13.7. The second kappa shape index (κ2) is 6.20. The van der Waals surface area contributed by atoms with Gasteiger partial charge in [0.25, 0.3) is 0 Å². The summed E-state index contributed by atoms with van der Waals surface area (Å²) in [5, 5.41) is 6.26. The van der Waals surface area contributed by atoms with Crippen molar-refractivity contribution in [2.45, 2.75) is 0 Å². The maximum Gasteiger partial charge on any atom is 0.249 e. The van der Waals surface area contributed by atoms with Crippen LogP contribution in [0.2, 0.25) is 0 Å². The molecule has 0 atom stereocenters. The zero-order chi connectivity index (χ0) is 18.2. The van der Waals surface area contributed by atoms with E-state index in [2.05, 4.69) is 15.4 Å². The number of nitrogens with zero attached hydrogens (tertiary/aromatic N) is 3. The maximum atomic E-state index is 13.9. The molecule has 7 nitrogen and oxygen atoms in total. The Labute approximate surface area is 141 Å². The average Bonchev–Trinajstić information content (AvgIpc) is 2.88. The molecule has 0 saturated heterocycles. The molecular formula is C15H12F2N4O3S. The largest absolute Gasteiger partial charge is 0.292 e. The fourth-order valence-electron chi connectivity index (χ4n) is 2.21. The molecule has 0 saturated carbocycles. The number of sulfone groups is 1. The van der Waals surface area contributed by atoms with Gasteiger partial charge in [0.1, 0.15) is 17.4 Å². The van der Waals surface area contributed by atoms with Crippen molar-refractivity contribution in [1.29, 1.82) is 0 Å². The van der Waals surface area contributed by atoms with E-state index >= 15 is 0 Å². The second-order valence-electron chi connectivity index (χ2n) is 5.40. The smallest absolute Gasteiger partial charge is 0.249 e. The molecule has 0 unspecified atom stereocenters. The highest BCUT2D eigenvalue weighted by molar-refractivity contribution is 7.91. The summed E-state index contributed by atoms with van der Waals surface area (Å²) < 4.78 is 50.7. The number of nitrogens with one attached hydrogen (secondary N) is 1. The zero-order valence-electron chi connectivity index (χ0n) is 12.9. The van der Waals surface area contributed by atoms with Crippen LogP contribution in [0.4, 0.5) is 14.7 Å². The molecule has 3 aromatic rings. The van der Waals surface area contributed by atoms with Crippen LogP contribution in [0.5, 0.6) is 0 Å². The van der Waals surface area contributed by atoms with Gasteiger partial charge in [-0.15, -0.1) is 5.10 Å². The standard InChI is InChI=1S/C15H12F2N4O3S/c1-25(23,24)8-14(22)19-15-18-13-5-2-9(7-21(13)20-15)11-6-10(16)3-4-12(11)17/h2-7H,8H2,1H3,(H,19,20,22). The van der Waals surface area contributed by atoms with Crippen LogP contribution < -0.4 is 5.32 Å². The number of hydrogen-bond donors (Lipinski definition) is 1. The van der Waals surface area contributed by atoms with Crippen molar-refractivity contribution in [1.82, 2.24) is 14.6 Å². The summed E-state index contributed by atoms with van der Waals surface area (Å²) in [6, 6.07) is 6.14. The summed E-state index contributed by atoms with van der Waals surface area (Å²) in [5.74, 6) is -2.73. The topological polar surface area (TPSA) is 93.4 Å². The molecule has 0 bridgehead atoms. The Morgan fingerprint density at radius 2 is 2.00 bits per heavy atom. The molecule has 0 fully saturated rings. The van der Waals surface area contributed by atoms with E-state index in [1.54, 1.807) is 0 Å². The Morgan fingerprint density at radius 1 is 1.24 bits per heavy atom. The van der Waals surface area contributed by atoms with Crippen LogP contribution in [0.15, 0.2) is 36.5 Å². The van der Waals surface area contributed by atoms with E-state index < -0.39 is 33.1 Å². The predicted molar refractivity (Wildman–Crippen MR) is 86.7 cm³/mol. The van der Waals surface area contributed by atoms with E-state index in [0.717, 1.165) is 24.5 Å². The normalized spacial score (nSPS) is 11.6. The number of carbonyl (C=O) groups is 1. The van der Waals surface area contributed by atoms with Crippen LogP contribution in [0, 0.1) is 11.6 Å². The van der Waals surface area contributed by atoms with Crippen LogP contribution in [-0.2, 0) is 14.6 Å². The van der Waals surface area contributed by atoms with E-state index in [0.29, 0.717) is 11.2 Å². The first kappa shape index (κ1) is 17.0. The summed E-state index contributed by atoms with van der Waals surface area (Å²) in [6.07, 6.45) is 2.36. The summed E-state index contributed by atoms with van der Waals surface area (Å²) in [4.78, 5) is 15.6. The first-order valence-corrected chi connectivity index (χ1v) is 9.07. The van der Waals surface area contributed by atoms with Crippen molar-refractivity contribution in [3.8, 4) is 11.1 Å². The third-order valence-electron chi connectivity index (χ3n) is 3.21. The van der Waals surface area contributed by atoms with Crippen LogP contribution in [0.3, 0.4) is 0 Å². The van der Waals surface area contributed by atoms with E-state index in [9.17, 15) is 22.0 Å². The molecule has 2 heterocycles. The van der Waals surface area contributed by atoms with Gasteiger partial charge in [-0.05, 0) is 30.3 Å². The number of hydrogen-bond acceptors (Lipinski definition) is 5. The highest BCUT2D eigenvalue weighted by atomic mass is 32.2. The summed E-state index contributed by atoms with van der Waals surface area (Å²) in [6.45, 7) is 0. The fraction of sp³-hybridized carbons (Fsp3) is 0.133. The molecule has 1 aromatic carbocycles. The van der Waals surface area contributed by atoms with Gasteiger partial charge in [-0.25, -0.2) is 21.7 Å². The summed E-state index contributed by atoms with van der Waals surface area (Å²) >= 11 is 0. The molecule has 0 aliphatic heterocycles. The Morgan fingerprint density at radius 3 is 2.72 bits per heavy atom. The van der Waals surface area contributed by atoms with E-state index in [1.807, 2.05) is 0 Å². The minimum Gasteiger partial charge on any atom is -0.292 e. The van der Waals surface area contributed by atoms with E-state index in [1.165, 1.54) is 22.8 Å². The van der Waals surface area contributed by atoms with Crippen molar-refractivity contribution in [3.05, 3.63) is 48.2 Å². The molecule has 0 radical (unpaired) electrons. The van der Waals surface area contributed by atoms with Gasteiger partial charge in [0.15, 0.2) is 15.5 Å². The molecular weight excluding hydrogens is 354 g/mol. The Hall–Kier alpha value is -2.88. The molecule has 2 aromatic heterocycles. The van der Waals surface area contributed by atoms with Gasteiger partial charge in [0.2, 0.25) is 11.9 Å². The number of halogens is 2. The number of pyridine rings is 1. The molecule has 130 valence electrons. The van der Waals surface area contributed by atoms with Gasteiger partial charge < -0.3 is 0 Å². The van der Waals surface area contributed by atoms with Crippen LogP contribution in [-0.4, -0.2) is 40.9 Å². The Bertz CT molecular complexity index is 1080. The number of fused-ring (bicyclic) bond motifs is 1. The number of anilines is 1. The maximum absolute atomic E-state index is 13.9. The Kier molecular flexibility index (Phi) is 4.21. The highest BCUT2D eigenvalue weighted by Crippen LogP contribution is 2.24. The second-order valence-corrected chi connectivity index (χ2v) is 7.54. The lowest BCUT2D eigenvalue weighted by Gasteiger charge is -2.03. The number of aromatic nitrogens is 3. The van der Waals surface area contributed by atoms with Crippen molar-refractivity contribution >= 4 is 27.3 Å². The lowest BCUT2D eigenvalue weighted by atomic mass is 10.1. The number of benzene rings is 1. The van der Waals surface area contributed by atoms with Gasteiger partial charge >= 0.3 is 0 Å². The van der Waals surface area contributed by atoms with Gasteiger partial charge in [-0.1, -0.05) is 0 Å². The lowest BCUT2D eigenvalue weighted by Crippen LogP contribution is -2.22. The molecule has 10 heteroatoms. The quantitative estimate of drug-likeness (QED) is 0.758.